The Labute approximate surface area is 89.9 Å². The third-order valence-electron chi connectivity index (χ3n) is 3.12. The average molecular weight is 200 g/mol. The molecule has 0 aromatic carbocycles. The van der Waals surface area contributed by atoms with Gasteiger partial charge >= 0.3 is 0 Å². The summed E-state index contributed by atoms with van der Waals surface area (Å²) in [5, 5.41) is 9.59. The summed E-state index contributed by atoms with van der Waals surface area (Å²) in [5.74, 6) is 1.11. The Bertz CT molecular complexity index is 110. The maximum absolute atomic E-state index is 9.59. The molecule has 0 aliphatic carbocycles. The number of hydrogen-bond donors (Lipinski definition) is 1. The van der Waals surface area contributed by atoms with E-state index < -0.39 is 0 Å². The van der Waals surface area contributed by atoms with E-state index in [1.54, 1.807) is 0 Å². The molecule has 0 aliphatic rings. The van der Waals surface area contributed by atoms with Crippen LogP contribution in [-0.4, -0.2) is 11.2 Å². The van der Waals surface area contributed by atoms with Crippen molar-refractivity contribution in [2.24, 2.45) is 11.8 Å². The minimum absolute atomic E-state index is 0.138. The van der Waals surface area contributed by atoms with E-state index in [2.05, 4.69) is 20.8 Å². The van der Waals surface area contributed by atoms with Gasteiger partial charge in [-0.3, -0.25) is 0 Å². The van der Waals surface area contributed by atoms with E-state index in [0.29, 0.717) is 11.8 Å². The third kappa shape index (κ3) is 6.42. The molecule has 86 valence electrons. The highest BCUT2D eigenvalue weighted by atomic mass is 16.3. The predicted molar refractivity (Wildman–Crippen MR) is 63.4 cm³/mol. The molecule has 0 rings (SSSR count). The van der Waals surface area contributed by atoms with E-state index in [-0.39, 0.29) is 6.10 Å². The van der Waals surface area contributed by atoms with E-state index in [0.717, 1.165) is 0 Å². The first-order chi connectivity index (χ1) is 6.59. The fourth-order valence-electron chi connectivity index (χ4n) is 2.12. The lowest BCUT2D eigenvalue weighted by atomic mass is 9.86. The topological polar surface area (TPSA) is 20.2 Å². The van der Waals surface area contributed by atoms with Crippen LogP contribution in [0.1, 0.15) is 66.2 Å². The van der Waals surface area contributed by atoms with E-state index in [9.17, 15) is 5.11 Å². The van der Waals surface area contributed by atoms with Crippen LogP contribution in [0.2, 0.25) is 0 Å². The average Bonchev–Trinajstić information content (AvgIpc) is 2.09. The zero-order valence-electron chi connectivity index (χ0n) is 10.4. The molecule has 0 spiro atoms. The first kappa shape index (κ1) is 14.0. The zero-order chi connectivity index (χ0) is 11.0. The Kier molecular flexibility index (Phi) is 8.26. The molecule has 0 saturated heterocycles. The molecule has 0 bridgehead atoms. The Balaban J connectivity index is 3.52. The molecule has 0 aromatic rings. The number of unbranched alkanes of at least 4 members (excludes halogenated alkanes) is 4. The number of aliphatic hydroxyl groups excluding tert-OH is 1. The Morgan fingerprint density at radius 3 is 1.93 bits per heavy atom. The van der Waals surface area contributed by atoms with Gasteiger partial charge in [-0.2, -0.15) is 0 Å². The van der Waals surface area contributed by atoms with Crippen molar-refractivity contribution in [1.82, 2.24) is 0 Å². The SMILES string of the molecule is CCCCCCCC(C(C)C)C(C)O. The summed E-state index contributed by atoms with van der Waals surface area (Å²) in [6, 6.07) is 0. The van der Waals surface area contributed by atoms with E-state index in [4.69, 9.17) is 0 Å². The van der Waals surface area contributed by atoms with Crippen molar-refractivity contribution in [2.75, 3.05) is 0 Å². The van der Waals surface area contributed by atoms with Crippen molar-refractivity contribution in [1.29, 1.82) is 0 Å². The minimum Gasteiger partial charge on any atom is -0.393 e. The summed E-state index contributed by atoms with van der Waals surface area (Å²) in [5.41, 5.74) is 0. The molecule has 2 unspecified atom stereocenters. The first-order valence-electron chi connectivity index (χ1n) is 6.27. The van der Waals surface area contributed by atoms with Crippen LogP contribution in [0.5, 0.6) is 0 Å². The number of hydrogen-bond acceptors (Lipinski definition) is 1. The van der Waals surface area contributed by atoms with Crippen LogP contribution < -0.4 is 0 Å². The lowest BCUT2D eigenvalue weighted by Crippen LogP contribution is -2.22. The lowest BCUT2D eigenvalue weighted by molar-refractivity contribution is 0.0900. The summed E-state index contributed by atoms with van der Waals surface area (Å²) in [7, 11) is 0. The van der Waals surface area contributed by atoms with Crippen LogP contribution >= 0.6 is 0 Å². The molecule has 1 nitrogen and oxygen atoms in total. The summed E-state index contributed by atoms with van der Waals surface area (Å²) in [6.07, 6.45) is 7.71. The van der Waals surface area contributed by atoms with Gasteiger partial charge < -0.3 is 5.11 Å². The summed E-state index contributed by atoms with van der Waals surface area (Å²) >= 11 is 0. The van der Waals surface area contributed by atoms with E-state index in [1.165, 1.54) is 38.5 Å². The van der Waals surface area contributed by atoms with Crippen molar-refractivity contribution >= 4 is 0 Å². The molecule has 0 heterocycles. The van der Waals surface area contributed by atoms with Crippen molar-refractivity contribution in [3.8, 4) is 0 Å². The number of rotatable bonds is 8. The molecule has 2 atom stereocenters. The van der Waals surface area contributed by atoms with Gasteiger partial charge in [0.2, 0.25) is 0 Å². The zero-order valence-corrected chi connectivity index (χ0v) is 10.4. The van der Waals surface area contributed by atoms with Crippen LogP contribution in [0, 0.1) is 11.8 Å². The molecule has 0 aromatic heterocycles. The molecule has 1 N–H and O–H groups in total. The standard InChI is InChI=1S/C13H28O/c1-5-6-7-8-9-10-13(11(2)3)12(4)14/h11-14H,5-10H2,1-4H3. The maximum Gasteiger partial charge on any atom is 0.0542 e. The Morgan fingerprint density at radius 1 is 0.929 bits per heavy atom. The summed E-state index contributed by atoms with van der Waals surface area (Å²) < 4.78 is 0. The van der Waals surface area contributed by atoms with Crippen LogP contribution in [0.3, 0.4) is 0 Å². The third-order valence-corrected chi connectivity index (χ3v) is 3.12. The molecule has 0 fully saturated rings. The molecule has 0 saturated carbocycles. The Morgan fingerprint density at radius 2 is 1.50 bits per heavy atom. The largest absolute Gasteiger partial charge is 0.393 e. The van der Waals surface area contributed by atoms with Crippen LogP contribution in [0.4, 0.5) is 0 Å². The van der Waals surface area contributed by atoms with Gasteiger partial charge in [0.15, 0.2) is 0 Å². The minimum atomic E-state index is -0.138. The highest BCUT2D eigenvalue weighted by molar-refractivity contribution is 4.68. The van der Waals surface area contributed by atoms with Gasteiger partial charge in [-0.15, -0.1) is 0 Å². The lowest BCUT2D eigenvalue weighted by Gasteiger charge is -2.23. The second-order valence-electron chi connectivity index (χ2n) is 4.85. The van der Waals surface area contributed by atoms with Crippen LogP contribution in [-0.2, 0) is 0 Å². The molecule has 0 aliphatic heterocycles. The quantitative estimate of drug-likeness (QED) is 0.587. The summed E-state index contributed by atoms with van der Waals surface area (Å²) in [6.45, 7) is 8.59. The van der Waals surface area contributed by atoms with Crippen molar-refractivity contribution in [3.05, 3.63) is 0 Å². The smallest absolute Gasteiger partial charge is 0.0542 e. The molecule has 0 radical (unpaired) electrons. The van der Waals surface area contributed by atoms with Gasteiger partial charge in [0.1, 0.15) is 0 Å². The monoisotopic (exact) mass is 200 g/mol. The fourth-order valence-corrected chi connectivity index (χ4v) is 2.12. The van der Waals surface area contributed by atoms with Crippen molar-refractivity contribution < 1.29 is 5.11 Å². The molecule has 1 heteroatoms. The van der Waals surface area contributed by atoms with Crippen LogP contribution in [0.25, 0.3) is 0 Å². The normalized spacial score (nSPS) is 15.9. The Hall–Kier alpha value is -0.0400. The molecule has 0 amide bonds. The predicted octanol–water partition coefficient (Wildman–Crippen LogP) is 4.00. The second kappa shape index (κ2) is 8.28. The number of aliphatic hydroxyl groups is 1. The highest BCUT2D eigenvalue weighted by Gasteiger charge is 2.17. The van der Waals surface area contributed by atoms with E-state index >= 15 is 0 Å². The van der Waals surface area contributed by atoms with Crippen LogP contribution in [0.15, 0.2) is 0 Å². The van der Waals surface area contributed by atoms with Gasteiger partial charge in [-0.1, -0.05) is 52.9 Å². The van der Waals surface area contributed by atoms with Gasteiger partial charge in [-0.25, -0.2) is 0 Å². The fraction of sp³-hybridized carbons (Fsp3) is 1.00. The summed E-state index contributed by atoms with van der Waals surface area (Å²) in [4.78, 5) is 0. The second-order valence-corrected chi connectivity index (χ2v) is 4.85. The van der Waals surface area contributed by atoms with Gasteiger partial charge in [0, 0.05) is 0 Å². The van der Waals surface area contributed by atoms with E-state index in [1.807, 2.05) is 6.92 Å². The maximum atomic E-state index is 9.59. The molecule has 14 heavy (non-hydrogen) atoms. The first-order valence-corrected chi connectivity index (χ1v) is 6.27. The van der Waals surface area contributed by atoms with Crippen molar-refractivity contribution in [2.45, 2.75) is 72.3 Å². The van der Waals surface area contributed by atoms with Crippen molar-refractivity contribution in [3.63, 3.8) is 0 Å². The highest BCUT2D eigenvalue weighted by Crippen LogP contribution is 2.22. The molecular weight excluding hydrogens is 172 g/mol. The van der Waals surface area contributed by atoms with Gasteiger partial charge in [-0.05, 0) is 25.2 Å². The van der Waals surface area contributed by atoms with Gasteiger partial charge in [0.25, 0.3) is 0 Å². The molecular formula is C13H28O. The van der Waals surface area contributed by atoms with Gasteiger partial charge in [0.05, 0.1) is 6.10 Å².